The van der Waals surface area contributed by atoms with E-state index in [9.17, 15) is 32.7 Å². The van der Waals surface area contributed by atoms with Crippen LogP contribution in [0.15, 0.2) is 23.1 Å². The van der Waals surface area contributed by atoms with Gasteiger partial charge >= 0.3 is 0 Å². The molecular weight excluding hydrogens is 427 g/mol. The van der Waals surface area contributed by atoms with Crippen molar-refractivity contribution >= 4 is 12.2 Å². The van der Waals surface area contributed by atoms with Crippen LogP contribution in [0.2, 0.25) is 0 Å². The Morgan fingerprint density at radius 3 is 2.41 bits per heavy atom. The van der Waals surface area contributed by atoms with Crippen molar-refractivity contribution in [2.75, 3.05) is 7.05 Å². The van der Waals surface area contributed by atoms with E-state index in [1.807, 2.05) is 7.05 Å². The molecule has 1 aromatic heterocycles. The molecule has 0 saturated carbocycles. The molecule has 3 heterocycles. The van der Waals surface area contributed by atoms with Gasteiger partial charge in [-0.3, -0.25) is 19.3 Å². The van der Waals surface area contributed by atoms with Gasteiger partial charge in [0.1, 0.15) is 28.7 Å². The summed E-state index contributed by atoms with van der Waals surface area (Å²) in [4.78, 5) is 39.0. The normalized spacial score (nSPS) is 22.3. The molecule has 2 fully saturated rings. The van der Waals surface area contributed by atoms with Gasteiger partial charge in [0.15, 0.2) is 12.0 Å². The van der Waals surface area contributed by atoms with Crippen molar-refractivity contribution in [2.45, 2.75) is 50.4 Å². The summed E-state index contributed by atoms with van der Waals surface area (Å²) in [5, 5.41) is 12.5. The molecule has 2 saturated heterocycles. The number of aromatic nitrogens is 1. The number of hydrogen-bond donors (Lipinski definition) is 2. The number of nitrogens with one attached hydrogen (secondary N) is 1. The number of fused-ring (bicyclic) bond motifs is 2. The van der Waals surface area contributed by atoms with Crippen molar-refractivity contribution < 1.29 is 27.9 Å². The molecule has 2 N–H and O–H groups in total. The summed E-state index contributed by atoms with van der Waals surface area (Å²) in [6, 6.07) is 1.40. The van der Waals surface area contributed by atoms with Gasteiger partial charge in [0.2, 0.25) is 5.43 Å². The number of halogens is 3. The number of amides is 1. The minimum absolute atomic E-state index is 0.236. The first-order chi connectivity index (χ1) is 15.2. The van der Waals surface area contributed by atoms with Crippen molar-refractivity contribution in [2.24, 2.45) is 0 Å². The minimum Gasteiger partial charge on any atom is -0.503 e. The maximum atomic E-state index is 13.8. The van der Waals surface area contributed by atoms with Crippen LogP contribution in [0, 0.1) is 17.5 Å². The van der Waals surface area contributed by atoms with Gasteiger partial charge < -0.3 is 15.0 Å². The molecule has 7 nitrogen and oxygen atoms in total. The molecule has 1 aromatic carbocycles. The lowest BCUT2D eigenvalue weighted by atomic mass is 9.87. The second-order valence-electron chi connectivity index (χ2n) is 8.45. The van der Waals surface area contributed by atoms with Crippen LogP contribution in [0.3, 0.4) is 0 Å². The quantitative estimate of drug-likeness (QED) is 0.661. The van der Waals surface area contributed by atoms with Crippen LogP contribution in [0.5, 0.6) is 5.75 Å². The topological polar surface area (TPSA) is 91.6 Å². The summed E-state index contributed by atoms with van der Waals surface area (Å²) in [6.07, 6.45) is 5.31. The zero-order valence-electron chi connectivity index (χ0n) is 17.3. The van der Waals surface area contributed by atoms with Crippen LogP contribution in [0.4, 0.5) is 13.2 Å². The standard InChI is InChI=1S/C22H22F3N3O4/c1-27-13-2-4-22(27,5-3-13)11-28-9-15(19(30)20(31)18(28)10-29)21(32)26-8-14-16(24)6-12(23)7-17(14)25/h6-7,9-10,13,31H,2-5,8,11H2,1H3,(H,26,32). The molecule has 10 heteroatoms. The molecule has 2 aliphatic heterocycles. The Balaban J connectivity index is 1.63. The third-order valence-electron chi connectivity index (χ3n) is 6.83. The number of aldehydes is 1. The summed E-state index contributed by atoms with van der Waals surface area (Å²) in [6.45, 7) is -0.343. The van der Waals surface area contributed by atoms with E-state index >= 15 is 0 Å². The third kappa shape index (κ3) is 3.58. The first kappa shape index (κ1) is 22.1. The number of carbonyl (C=O) groups excluding carboxylic acids is 2. The minimum atomic E-state index is -1.18. The Labute approximate surface area is 181 Å². The number of aromatic hydroxyl groups is 1. The lowest BCUT2D eigenvalue weighted by molar-refractivity contribution is 0.0945. The smallest absolute Gasteiger partial charge is 0.257 e. The molecule has 32 heavy (non-hydrogen) atoms. The van der Waals surface area contributed by atoms with Gasteiger partial charge in [0, 0.05) is 48.6 Å². The van der Waals surface area contributed by atoms with Gasteiger partial charge in [-0.2, -0.15) is 0 Å². The highest BCUT2D eigenvalue weighted by Crippen LogP contribution is 2.46. The maximum absolute atomic E-state index is 13.8. The lowest BCUT2D eigenvalue weighted by Crippen LogP contribution is -2.43. The highest BCUT2D eigenvalue weighted by molar-refractivity contribution is 5.95. The van der Waals surface area contributed by atoms with Gasteiger partial charge in [-0.15, -0.1) is 0 Å². The van der Waals surface area contributed by atoms with Crippen LogP contribution in [-0.2, 0) is 13.1 Å². The van der Waals surface area contributed by atoms with E-state index in [0.717, 1.165) is 25.7 Å². The van der Waals surface area contributed by atoms with Crippen LogP contribution < -0.4 is 10.7 Å². The first-order valence-corrected chi connectivity index (χ1v) is 10.2. The molecule has 0 unspecified atom stereocenters. The fourth-order valence-electron chi connectivity index (χ4n) is 4.94. The molecule has 170 valence electrons. The van der Waals surface area contributed by atoms with Crippen LogP contribution in [0.1, 0.15) is 52.1 Å². The average molecular weight is 449 g/mol. The van der Waals surface area contributed by atoms with Crippen molar-refractivity contribution in [3.8, 4) is 5.75 Å². The number of hydrogen-bond acceptors (Lipinski definition) is 5. The fourth-order valence-corrected chi connectivity index (χ4v) is 4.94. The second kappa shape index (κ2) is 8.09. The Morgan fingerprint density at radius 1 is 1.25 bits per heavy atom. The predicted octanol–water partition coefficient (Wildman–Crippen LogP) is 2.34. The summed E-state index contributed by atoms with van der Waals surface area (Å²) in [5.41, 5.74) is -2.60. The number of benzene rings is 1. The van der Waals surface area contributed by atoms with E-state index in [-0.39, 0.29) is 11.2 Å². The first-order valence-electron chi connectivity index (χ1n) is 10.2. The summed E-state index contributed by atoms with van der Waals surface area (Å²) < 4.78 is 42.1. The molecular formula is C22H22F3N3O4. The Morgan fingerprint density at radius 2 is 1.88 bits per heavy atom. The molecule has 2 aliphatic rings. The molecule has 1 amide bonds. The molecule has 4 rings (SSSR count). The number of pyridine rings is 1. The Bertz CT molecular complexity index is 1130. The third-order valence-corrected chi connectivity index (χ3v) is 6.83. The summed E-state index contributed by atoms with van der Waals surface area (Å²) in [5.74, 6) is -5.31. The molecule has 0 spiro atoms. The van der Waals surface area contributed by atoms with Crippen molar-refractivity contribution in [1.29, 1.82) is 0 Å². The molecule has 2 aromatic rings. The van der Waals surface area contributed by atoms with Crippen LogP contribution in [-0.4, -0.2) is 45.4 Å². The number of rotatable bonds is 6. The van der Waals surface area contributed by atoms with Gasteiger partial charge in [0.05, 0.1) is 0 Å². The zero-order chi connectivity index (χ0) is 23.2. The Hall–Kier alpha value is -3.14. The highest BCUT2D eigenvalue weighted by Gasteiger charge is 2.49. The molecule has 2 bridgehead atoms. The Kier molecular flexibility index (Phi) is 5.58. The molecule has 0 radical (unpaired) electrons. The van der Waals surface area contributed by atoms with E-state index in [2.05, 4.69) is 10.2 Å². The molecule has 0 atom stereocenters. The van der Waals surface area contributed by atoms with Crippen molar-refractivity contribution in [3.63, 3.8) is 0 Å². The average Bonchev–Trinajstić information content (AvgIpc) is 3.21. The van der Waals surface area contributed by atoms with E-state index in [1.165, 1.54) is 10.8 Å². The monoisotopic (exact) mass is 449 g/mol. The van der Waals surface area contributed by atoms with E-state index < -0.39 is 52.2 Å². The van der Waals surface area contributed by atoms with Crippen LogP contribution >= 0.6 is 0 Å². The maximum Gasteiger partial charge on any atom is 0.257 e. The molecule has 0 aliphatic carbocycles. The van der Waals surface area contributed by atoms with Crippen molar-refractivity contribution in [3.05, 3.63) is 62.8 Å². The van der Waals surface area contributed by atoms with E-state index in [4.69, 9.17) is 0 Å². The van der Waals surface area contributed by atoms with Crippen molar-refractivity contribution in [1.82, 2.24) is 14.8 Å². The summed E-state index contributed by atoms with van der Waals surface area (Å²) >= 11 is 0. The number of nitrogens with zero attached hydrogens (tertiary/aromatic N) is 2. The SMILES string of the molecule is CN1C2CCC1(Cn1cc(C(=O)NCc3c(F)cc(F)cc3F)c(=O)c(O)c1C=O)CC2. The van der Waals surface area contributed by atoms with Gasteiger partial charge in [-0.25, -0.2) is 13.2 Å². The fraction of sp³-hybridized carbons (Fsp3) is 0.409. The largest absolute Gasteiger partial charge is 0.503 e. The zero-order valence-corrected chi connectivity index (χ0v) is 17.3. The summed E-state index contributed by atoms with van der Waals surface area (Å²) in [7, 11) is 1.99. The lowest BCUT2D eigenvalue weighted by Gasteiger charge is -2.33. The van der Waals surface area contributed by atoms with E-state index in [1.54, 1.807) is 0 Å². The number of carbonyl (C=O) groups is 2. The highest BCUT2D eigenvalue weighted by atomic mass is 19.1. The van der Waals surface area contributed by atoms with Crippen LogP contribution in [0.25, 0.3) is 0 Å². The second-order valence-corrected chi connectivity index (χ2v) is 8.45. The predicted molar refractivity (Wildman–Crippen MR) is 108 cm³/mol. The number of likely N-dealkylation sites (N-methyl/N-ethyl adjacent to an activating group) is 1. The van der Waals surface area contributed by atoms with E-state index in [0.29, 0.717) is 31.0 Å². The van der Waals surface area contributed by atoms with Gasteiger partial charge in [-0.05, 0) is 32.7 Å². The van der Waals surface area contributed by atoms with Gasteiger partial charge in [0.25, 0.3) is 5.91 Å². The van der Waals surface area contributed by atoms with Gasteiger partial charge in [-0.1, -0.05) is 0 Å².